The SMILES string of the molecule is CCC(C)(C)C(Cl)C(=O)NC(C)(C)c1ccccc1. The quantitative estimate of drug-likeness (QED) is 0.810. The van der Waals surface area contributed by atoms with Crippen molar-refractivity contribution in [2.75, 3.05) is 0 Å². The zero-order valence-electron chi connectivity index (χ0n) is 12.5. The lowest BCUT2D eigenvalue weighted by molar-refractivity contribution is -0.124. The topological polar surface area (TPSA) is 29.1 Å². The Bertz CT molecular complexity index is 426. The molecule has 0 saturated carbocycles. The van der Waals surface area contributed by atoms with E-state index in [4.69, 9.17) is 11.6 Å². The largest absolute Gasteiger partial charge is 0.346 e. The number of carbonyl (C=O) groups is 1. The number of benzene rings is 1. The predicted octanol–water partition coefficient (Wildman–Crippen LogP) is 4.08. The van der Waals surface area contributed by atoms with Gasteiger partial charge in [-0.15, -0.1) is 11.6 Å². The van der Waals surface area contributed by atoms with Crippen LogP contribution in [0.4, 0.5) is 0 Å². The van der Waals surface area contributed by atoms with E-state index in [2.05, 4.69) is 5.32 Å². The maximum absolute atomic E-state index is 12.3. The molecule has 0 aliphatic rings. The molecule has 0 aromatic heterocycles. The third-order valence-corrected chi connectivity index (χ3v) is 4.55. The first-order valence-electron chi connectivity index (χ1n) is 6.72. The van der Waals surface area contributed by atoms with Crippen LogP contribution in [0.1, 0.15) is 46.6 Å². The van der Waals surface area contributed by atoms with Gasteiger partial charge in [0.25, 0.3) is 0 Å². The van der Waals surface area contributed by atoms with Gasteiger partial charge in [-0.2, -0.15) is 0 Å². The molecule has 0 heterocycles. The number of hydrogen-bond donors (Lipinski definition) is 1. The number of rotatable bonds is 5. The van der Waals surface area contributed by atoms with Crippen molar-refractivity contribution in [2.45, 2.75) is 52.0 Å². The average molecular weight is 282 g/mol. The van der Waals surface area contributed by atoms with E-state index >= 15 is 0 Å². The molecule has 1 rings (SSSR count). The second kappa shape index (κ2) is 5.96. The molecule has 1 atom stereocenters. The lowest BCUT2D eigenvalue weighted by Crippen LogP contribution is -2.48. The lowest BCUT2D eigenvalue weighted by atomic mass is 9.85. The summed E-state index contributed by atoms with van der Waals surface area (Å²) in [7, 11) is 0. The van der Waals surface area contributed by atoms with Crippen molar-refractivity contribution in [2.24, 2.45) is 5.41 Å². The molecule has 2 nitrogen and oxygen atoms in total. The van der Waals surface area contributed by atoms with Crippen LogP contribution in [0.15, 0.2) is 30.3 Å². The molecule has 0 aliphatic carbocycles. The third-order valence-electron chi connectivity index (χ3n) is 3.76. The summed E-state index contributed by atoms with van der Waals surface area (Å²) in [6.45, 7) is 10.1. The Morgan fingerprint density at radius 3 is 2.21 bits per heavy atom. The Labute approximate surface area is 121 Å². The zero-order valence-corrected chi connectivity index (χ0v) is 13.2. The molecule has 3 heteroatoms. The Hall–Kier alpha value is -1.02. The molecule has 1 amide bonds. The van der Waals surface area contributed by atoms with Gasteiger partial charge in [-0.3, -0.25) is 4.79 Å². The summed E-state index contributed by atoms with van der Waals surface area (Å²) >= 11 is 6.30. The standard InChI is InChI=1S/C16H24ClNO/c1-6-15(2,3)13(17)14(19)18-16(4,5)12-10-8-7-9-11-12/h7-11,13H,6H2,1-5H3,(H,18,19). The van der Waals surface area contributed by atoms with Crippen LogP contribution >= 0.6 is 11.6 Å². The van der Waals surface area contributed by atoms with Crippen molar-refractivity contribution in [1.29, 1.82) is 0 Å². The van der Waals surface area contributed by atoms with Crippen LogP contribution in [0.5, 0.6) is 0 Å². The summed E-state index contributed by atoms with van der Waals surface area (Å²) in [5.74, 6) is -0.109. The fraction of sp³-hybridized carbons (Fsp3) is 0.562. The first kappa shape index (κ1) is 16.0. The molecule has 106 valence electrons. The van der Waals surface area contributed by atoms with Crippen LogP contribution < -0.4 is 5.32 Å². The molecule has 0 spiro atoms. The van der Waals surface area contributed by atoms with Crippen molar-refractivity contribution < 1.29 is 4.79 Å². The van der Waals surface area contributed by atoms with Crippen molar-refractivity contribution in [3.63, 3.8) is 0 Å². The normalized spacial score (nSPS) is 14.0. The van der Waals surface area contributed by atoms with E-state index in [1.54, 1.807) is 0 Å². The van der Waals surface area contributed by atoms with Gasteiger partial charge in [-0.25, -0.2) is 0 Å². The van der Waals surface area contributed by atoms with E-state index in [0.717, 1.165) is 12.0 Å². The summed E-state index contributed by atoms with van der Waals surface area (Å²) in [4.78, 5) is 12.3. The maximum Gasteiger partial charge on any atom is 0.239 e. The van der Waals surface area contributed by atoms with E-state index in [1.165, 1.54) is 0 Å². The fourth-order valence-corrected chi connectivity index (χ4v) is 2.04. The summed E-state index contributed by atoms with van der Waals surface area (Å²) in [5, 5.41) is 2.51. The van der Waals surface area contributed by atoms with E-state index in [1.807, 2.05) is 65.0 Å². The van der Waals surface area contributed by atoms with Crippen molar-refractivity contribution >= 4 is 17.5 Å². The molecular formula is C16H24ClNO. The molecule has 1 N–H and O–H groups in total. The van der Waals surface area contributed by atoms with Crippen LogP contribution in [0.25, 0.3) is 0 Å². The molecular weight excluding hydrogens is 258 g/mol. The third kappa shape index (κ3) is 3.97. The second-order valence-electron chi connectivity index (χ2n) is 6.18. The summed E-state index contributed by atoms with van der Waals surface area (Å²) in [5.41, 5.74) is 0.440. The number of nitrogens with one attached hydrogen (secondary N) is 1. The Morgan fingerprint density at radius 1 is 1.21 bits per heavy atom. The number of amides is 1. The molecule has 0 bridgehead atoms. The molecule has 19 heavy (non-hydrogen) atoms. The molecule has 1 unspecified atom stereocenters. The minimum Gasteiger partial charge on any atom is -0.346 e. The zero-order chi connectivity index (χ0) is 14.7. The second-order valence-corrected chi connectivity index (χ2v) is 6.62. The highest BCUT2D eigenvalue weighted by molar-refractivity contribution is 6.31. The van der Waals surface area contributed by atoms with Gasteiger partial charge >= 0.3 is 0 Å². The highest BCUT2D eigenvalue weighted by Crippen LogP contribution is 2.30. The van der Waals surface area contributed by atoms with E-state index in [0.29, 0.717) is 0 Å². The molecule has 0 fully saturated rings. The number of alkyl halides is 1. The van der Waals surface area contributed by atoms with Crippen molar-refractivity contribution in [3.8, 4) is 0 Å². The molecule has 0 saturated heterocycles. The van der Waals surface area contributed by atoms with Crippen LogP contribution in [-0.4, -0.2) is 11.3 Å². The minimum atomic E-state index is -0.527. The van der Waals surface area contributed by atoms with Crippen LogP contribution in [0, 0.1) is 5.41 Å². The first-order valence-corrected chi connectivity index (χ1v) is 7.16. The Kier molecular flexibility index (Phi) is 5.03. The van der Waals surface area contributed by atoms with Crippen LogP contribution in [0.3, 0.4) is 0 Å². The van der Waals surface area contributed by atoms with Crippen LogP contribution in [-0.2, 0) is 10.3 Å². The van der Waals surface area contributed by atoms with Gasteiger partial charge in [-0.1, -0.05) is 51.1 Å². The van der Waals surface area contributed by atoms with Crippen LogP contribution in [0.2, 0.25) is 0 Å². The van der Waals surface area contributed by atoms with Gasteiger partial charge < -0.3 is 5.32 Å². The van der Waals surface area contributed by atoms with Gasteiger partial charge in [0.05, 0.1) is 5.54 Å². The lowest BCUT2D eigenvalue weighted by Gasteiger charge is -2.33. The number of carbonyl (C=O) groups excluding carboxylic acids is 1. The van der Waals surface area contributed by atoms with Crippen molar-refractivity contribution in [1.82, 2.24) is 5.32 Å². The molecule has 0 aliphatic heterocycles. The highest BCUT2D eigenvalue weighted by atomic mass is 35.5. The Balaban J connectivity index is 2.82. The van der Waals surface area contributed by atoms with Gasteiger partial charge in [0.15, 0.2) is 0 Å². The average Bonchev–Trinajstić information content (AvgIpc) is 2.38. The molecule has 1 aromatic carbocycles. The van der Waals surface area contributed by atoms with Gasteiger partial charge in [0.1, 0.15) is 5.38 Å². The van der Waals surface area contributed by atoms with Gasteiger partial charge in [0, 0.05) is 0 Å². The summed E-state index contributed by atoms with van der Waals surface area (Å²) < 4.78 is 0. The first-order chi connectivity index (χ1) is 8.70. The van der Waals surface area contributed by atoms with Crippen molar-refractivity contribution in [3.05, 3.63) is 35.9 Å². The monoisotopic (exact) mass is 281 g/mol. The van der Waals surface area contributed by atoms with E-state index in [9.17, 15) is 4.79 Å². The van der Waals surface area contributed by atoms with Gasteiger partial charge in [-0.05, 0) is 31.2 Å². The molecule has 0 radical (unpaired) electrons. The van der Waals surface area contributed by atoms with Gasteiger partial charge in [0.2, 0.25) is 5.91 Å². The highest BCUT2D eigenvalue weighted by Gasteiger charge is 2.34. The fourth-order valence-electron chi connectivity index (χ4n) is 1.83. The summed E-state index contributed by atoms with van der Waals surface area (Å²) in [6.07, 6.45) is 0.861. The minimum absolute atomic E-state index is 0.109. The smallest absolute Gasteiger partial charge is 0.239 e. The summed E-state index contributed by atoms with van der Waals surface area (Å²) in [6, 6.07) is 9.92. The maximum atomic E-state index is 12.3. The van der Waals surface area contributed by atoms with E-state index < -0.39 is 10.9 Å². The molecule has 1 aromatic rings. The Morgan fingerprint density at radius 2 is 1.74 bits per heavy atom. The predicted molar refractivity (Wildman–Crippen MR) is 81.3 cm³/mol. The van der Waals surface area contributed by atoms with E-state index in [-0.39, 0.29) is 11.3 Å². The number of hydrogen-bond acceptors (Lipinski definition) is 1. The number of halogens is 1.